The lowest BCUT2D eigenvalue weighted by Gasteiger charge is -1.98. The van der Waals surface area contributed by atoms with Gasteiger partial charge in [0.1, 0.15) is 0 Å². The molecule has 0 aliphatic carbocycles. The molecule has 0 fully saturated rings. The number of rotatable bonds is 3. The first-order chi connectivity index (χ1) is 5.95. The van der Waals surface area contributed by atoms with Crippen LogP contribution < -0.4 is 10.9 Å². The van der Waals surface area contributed by atoms with Gasteiger partial charge in [-0.1, -0.05) is 10.2 Å². The fourth-order valence-corrected chi connectivity index (χ4v) is 0.543. The third-order valence-electron chi connectivity index (χ3n) is 0.990. The summed E-state index contributed by atoms with van der Waals surface area (Å²) in [6.45, 7) is 0. The zero-order chi connectivity index (χ0) is 8.23. The standard InChI is InChI=1S/C2H4N10/c3(1-5-9-10-6-1)4-2-7-11-12-8-2/h(H2,3,5,6,9,10)(H2,4,7,8,11,12). The van der Waals surface area contributed by atoms with Crippen LogP contribution in [0.2, 0.25) is 0 Å². The molecule has 0 saturated heterocycles. The number of H-pyrrole nitrogens is 2. The van der Waals surface area contributed by atoms with E-state index in [0.717, 1.165) is 0 Å². The quantitative estimate of drug-likeness (QED) is 0.392. The smallest absolute Gasteiger partial charge is 0.259 e. The van der Waals surface area contributed by atoms with Crippen molar-refractivity contribution in [3.8, 4) is 0 Å². The number of hydrazine groups is 1. The van der Waals surface area contributed by atoms with Crippen LogP contribution in [0, 0.1) is 0 Å². The summed E-state index contributed by atoms with van der Waals surface area (Å²) >= 11 is 0. The largest absolute Gasteiger partial charge is 0.265 e. The molecular formula is C2H4N10. The molecule has 0 aliphatic rings. The highest BCUT2D eigenvalue weighted by molar-refractivity contribution is 5.31. The van der Waals surface area contributed by atoms with Gasteiger partial charge in [0.2, 0.25) is 0 Å². The van der Waals surface area contributed by atoms with E-state index in [0.29, 0.717) is 11.9 Å². The van der Waals surface area contributed by atoms with E-state index in [-0.39, 0.29) is 0 Å². The van der Waals surface area contributed by atoms with E-state index in [4.69, 9.17) is 0 Å². The summed E-state index contributed by atoms with van der Waals surface area (Å²) < 4.78 is 0. The number of nitrogens with zero attached hydrogens (tertiary/aromatic N) is 6. The Bertz CT molecular complexity index is 271. The molecule has 2 aromatic heterocycles. The van der Waals surface area contributed by atoms with Crippen LogP contribution in [0.4, 0.5) is 11.9 Å². The van der Waals surface area contributed by atoms with Gasteiger partial charge in [-0.3, -0.25) is 10.9 Å². The van der Waals surface area contributed by atoms with Gasteiger partial charge in [0.25, 0.3) is 11.9 Å². The third kappa shape index (κ3) is 1.25. The van der Waals surface area contributed by atoms with Gasteiger partial charge in [-0.2, -0.15) is 0 Å². The van der Waals surface area contributed by atoms with Crippen molar-refractivity contribution >= 4 is 11.9 Å². The molecular weight excluding hydrogens is 164 g/mol. The minimum Gasteiger partial charge on any atom is -0.265 e. The Hall–Kier alpha value is -2.26. The Labute approximate surface area is 65.1 Å². The molecule has 0 aromatic carbocycles. The fourth-order valence-electron chi connectivity index (χ4n) is 0.543. The van der Waals surface area contributed by atoms with Crippen molar-refractivity contribution in [2.75, 3.05) is 10.9 Å². The summed E-state index contributed by atoms with van der Waals surface area (Å²) in [6, 6.07) is 0. The summed E-state index contributed by atoms with van der Waals surface area (Å²) in [5.74, 6) is 0.734. The van der Waals surface area contributed by atoms with Crippen molar-refractivity contribution < 1.29 is 0 Å². The highest BCUT2D eigenvalue weighted by atomic mass is 15.6. The van der Waals surface area contributed by atoms with Crippen molar-refractivity contribution in [3.63, 3.8) is 0 Å². The second-order valence-corrected chi connectivity index (χ2v) is 1.75. The van der Waals surface area contributed by atoms with Crippen molar-refractivity contribution in [1.29, 1.82) is 0 Å². The lowest BCUT2D eigenvalue weighted by atomic mass is 11.0. The summed E-state index contributed by atoms with van der Waals surface area (Å²) in [6.07, 6.45) is 0. The second kappa shape index (κ2) is 2.77. The van der Waals surface area contributed by atoms with Crippen LogP contribution in [-0.4, -0.2) is 41.2 Å². The normalized spacial score (nSPS) is 9.67. The highest BCUT2D eigenvalue weighted by Gasteiger charge is 1.96. The van der Waals surface area contributed by atoms with Gasteiger partial charge in [0, 0.05) is 0 Å². The van der Waals surface area contributed by atoms with Crippen LogP contribution in [0.25, 0.3) is 0 Å². The number of aromatic nitrogens is 8. The molecule has 0 amide bonds. The molecule has 62 valence electrons. The Balaban J connectivity index is 1.91. The summed E-state index contributed by atoms with van der Waals surface area (Å²) in [5, 5.41) is 25.4. The first kappa shape index (κ1) is 6.45. The van der Waals surface area contributed by atoms with Crippen molar-refractivity contribution in [2.45, 2.75) is 0 Å². The Morgan fingerprint density at radius 1 is 0.833 bits per heavy atom. The zero-order valence-electron chi connectivity index (χ0n) is 5.68. The maximum atomic E-state index is 3.54. The van der Waals surface area contributed by atoms with Crippen LogP contribution in [0.1, 0.15) is 0 Å². The maximum Gasteiger partial charge on any atom is 0.259 e. The molecule has 0 unspecified atom stereocenters. The maximum absolute atomic E-state index is 3.54. The summed E-state index contributed by atoms with van der Waals surface area (Å²) in [5.41, 5.74) is 5.22. The van der Waals surface area contributed by atoms with Gasteiger partial charge in [-0.15, -0.1) is 0 Å². The third-order valence-corrected chi connectivity index (χ3v) is 0.990. The minimum atomic E-state index is 0.367. The SMILES string of the molecule is n1n[nH]c(NNc2nnn[nH]2)n1. The molecule has 2 heterocycles. The highest BCUT2D eigenvalue weighted by Crippen LogP contribution is 1.92. The van der Waals surface area contributed by atoms with Crippen LogP contribution in [0.3, 0.4) is 0 Å². The van der Waals surface area contributed by atoms with E-state index in [2.05, 4.69) is 52.1 Å². The van der Waals surface area contributed by atoms with Gasteiger partial charge >= 0.3 is 0 Å². The molecule has 10 nitrogen and oxygen atoms in total. The molecule has 10 heteroatoms. The molecule has 0 spiro atoms. The van der Waals surface area contributed by atoms with Gasteiger partial charge in [-0.05, 0) is 20.9 Å². The number of nitrogens with one attached hydrogen (secondary N) is 4. The second-order valence-electron chi connectivity index (χ2n) is 1.75. The van der Waals surface area contributed by atoms with E-state index in [1.165, 1.54) is 0 Å². The van der Waals surface area contributed by atoms with Crippen molar-refractivity contribution in [2.24, 2.45) is 0 Å². The molecule has 4 N–H and O–H groups in total. The lowest BCUT2D eigenvalue weighted by molar-refractivity contribution is 0.881. The fraction of sp³-hybridized carbons (Fsp3) is 0. The monoisotopic (exact) mass is 168 g/mol. The zero-order valence-corrected chi connectivity index (χ0v) is 5.68. The first-order valence-electron chi connectivity index (χ1n) is 2.94. The number of aromatic amines is 2. The number of hydrogen-bond acceptors (Lipinski definition) is 8. The molecule has 2 aromatic rings. The molecule has 2 rings (SSSR count). The van der Waals surface area contributed by atoms with Gasteiger partial charge in [-0.25, -0.2) is 10.2 Å². The minimum absolute atomic E-state index is 0.367. The Kier molecular flexibility index (Phi) is 1.49. The van der Waals surface area contributed by atoms with E-state index in [1.54, 1.807) is 0 Å². The van der Waals surface area contributed by atoms with Crippen LogP contribution in [-0.2, 0) is 0 Å². The van der Waals surface area contributed by atoms with Crippen molar-refractivity contribution in [1.82, 2.24) is 41.2 Å². The van der Waals surface area contributed by atoms with Gasteiger partial charge in [0.05, 0.1) is 0 Å². The van der Waals surface area contributed by atoms with Gasteiger partial charge in [0.15, 0.2) is 0 Å². The average Bonchev–Trinajstić information content (AvgIpc) is 2.74. The predicted molar refractivity (Wildman–Crippen MR) is 35.6 cm³/mol. The summed E-state index contributed by atoms with van der Waals surface area (Å²) in [7, 11) is 0. The molecule has 0 radical (unpaired) electrons. The summed E-state index contributed by atoms with van der Waals surface area (Å²) in [4.78, 5) is 0. The van der Waals surface area contributed by atoms with E-state index < -0.39 is 0 Å². The Morgan fingerprint density at radius 2 is 1.33 bits per heavy atom. The number of hydrogen-bond donors (Lipinski definition) is 4. The van der Waals surface area contributed by atoms with E-state index >= 15 is 0 Å². The van der Waals surface area contributed by atoms with Crippen LogP contribution >= 0.6 is 0 Å². The first-order valence-corrected chi connectivity index (χ1v) is 2.94. The lowest BCUT2D eigenvalue weighted by Crippen LogP contribution is -2.11. The van der Waals surface area contributed by atoms with E-state index in [9.17, 15) is 0 Å². The van der Waals surface area contributed by atoms with E-state index in [1.807, 2.05) is 0 Å². The Morgan fingerprint density at radius 3 is 1.67 bits per heavy atom. The predicted octanol–water partition coefficient (Wildman–Crippen LogP) is -1.85. The van der Waals surface area contributed by atoms with Crippen molar-refractivity contribution in [3.05, 3.63) is 0 Å². The molecule has 0 aliphatic heterocycles. The number of anilines is 2. The van der Waals surface area contributed by atoms with Crippen LogP contribution in [0.15, 0.2) is 0 Å². The molecule has 0 bridgehead atoms. The average molecular weight is 168 g/mol. The van der Waals surface area contributed by atoms with Gasteiger partial charge < -0.3 is 0 Å². The topological polar surface area (TPSA) is 133 Å². The molecule has 0 saturated carbocycles. The van der Waals surface area contributed by atoms with Crippen LogP contribution in [0.5, 0.6) is 0 Å². The molecule has 12 heavy (non-hydrogen) atoms. The number of tetrazole rings is 2. The molecule has 0 atom stereocenters.